The minimum Gasteiger partial charge on any atom is -0.396 e. The van der Waals surface area contributed by atoms with Gasteiger partial charge in [0.2, 0.25) is 0 Å². The van der Waals surface area contributed by atoms with Crippen LogP contribution >= 0.6 is 15.9 Å². The van der Waals surface area contributed by atoms with E-state index in [-0.39, 0.29) is 12.7 Å². The molecule has 10 heavy (non-hydrogen) atoms. The van der Waals surface area contributed by atoms with Gasteiger partial charge >= 0.3 is 0 Å². The highest BCUT2D eigenvalue weighted by Gasteiger charge is 2.03. The monoisotopic (exact) mass is 208 g/mol. The molecule has 0 aromatic heterocycles. The van der Waals surface area contributed by atoms with E-state index in [2.05, 4.69) is 22.5 Å². The van der Waals surface area contributed by atoms with Crippen LogP contribution < -0.4 is 0 Å². The van der Waals surface area contributed by atoms with Gasteiger partial charge in [-0.3, -0.25) is 0 Å². The molecule has 0 aliphatic rings. The lowest BCUT2D eigenvalue weighted by atomic mass is 10.1. The Hall–Kier alpha value is 0.140. The molecular formula is C7H13BrO2. The zero-order chi connectivity index (χ0) is 7.98. The van der Waals surface area contributed by atoms with E-state index in [1.807, 2.05) is 0 Å². The minimum absolute atomic E-state index is 0.145. The molecule has 0 radical (unpaired) electrons. The second kappa shape index (κ2) is 5.89. The molecule has 3 heteroatoms. The lowest BCUT2D eigenvalue weighted by Crippen LogP contribution is -2.06. The van der Waals surface area contributed by atoms with Crippen molar-refractivity contribution in [2.45, 2.75) is 25.4 Å². The van der Waals surface area contributed by atoms with E-state index in [1.54, 1.807) is 0 Å². The fourth-order valence-corrected chi connectivity index (χ4v) is 1.06. The van der Waals surface area contributed by atoms with Crippen molar-refractivity contribution in [2.75, 3.05) is 6.61 Å². The molecule has 0 saturated heterocycles. The van der Waals surface area contributed by atoms with Crippen LogP contribution in [0.4, 0.5) is 0 Å². The largest absolute Gasteiger partial charge is 0.396 e. The van der Waals surface area contributed by atoms with Crippen LogP contribution in [0.15, 0.2) is 11.1 Å². The molecule has 0 bridgehead atoms. The van der Waals surface area contributed by atoms with Gasteiger partial charge in [0.15, 0.2) is 0 Å². The summed E-state index contributed by atoms with van der Waals surface area (Å²) in [5.74, 6) is 0. The summed E-state index contributed by atoms with van der Waals surface area (Å²) in [6.07, 6.45) is 1.50. The Morgan fingerprint density at radius 2 is 2.20 bits per heavy atom. The van der Waals surface area contributed by atoms with Crippen LogP contribution in [0.3, 0.4) is 0 Å². The van der Waals surface area contributed by atoms with Crippen molar-refractivity contribution in [1.82, 2.24) is 0 Å². The molecule has 0 saturated carbocycles. The van der Waals surface area contributed by atoms with Crippen molar-refractivity contribution < 1.29 is 10.2 Å². The third kappa shape index (κ3) is 6.26. The molecule has 0 heterocycles. The second-order valence-corrected chi connectivity index (χ2v) is 3.36. The quantitative estimate of drug-likeness (QED) is 0.718. The number of rotatable bonds is 5. The van der Waals surface area contributed by atoms with Gasteiger partial charge in [-0.15, -0.1) is 0 Å². The van der Waals surface area contributed by atoms with Gasteiger partial charge in [0.1, 0.15) is 0 Å². The molecule has 0 aliphatic heterocycles. The molecular weight excluding hydrogens is 196 g/mol. The third-order valence-corrected chi connectivity index (χ3v) is 1.48. The Balaban J connectivity index is 3.25. The fraction of sp³-hybridized carbons (Fsp3) is 0.714. The fourth-order valence-electron chi connectivity index (χ4n) is 0.685. The van der Waals surface area contributed by atoms with E-state index in [0.717, 1.165) is 4.48 Å². The average molecular weight is 209 g/mol. The Kier molecular flexibility index (Phi) is 5.97. The first-order valence-corrected chi connectivity index (χ1v) is 4.08. The predicted molar refractivity (Wildman–Crippen MR) is 45.0 cm³/mol. The van der Waals surface area contributed by atoms with Crippen LogP contribution in [0.1, 0.15) is 19.3 Å². The van der Waals surface area contributed by atoms with E-state index >= 15 is 0 Å². The average Bonchev–Trinajstić information content (AvgIpc) is 1.82. The molecule has 0 aliphatic carbocycles. The first kappa shape index (κ1) is 10.1. The molecule has 0 aromatic carbocycles. The highest BCUT2D eigenvalue weighted by molar-refractivity contribution is 9.11. The molecule has 2 N–H and O–H groups in total. The Labute approximate surface area is 69.7 Å². The van der Waals surface area contributed by atoms with E-state index < -0.39 is 0 Å². The van der Waals surface area contributed by atoms with Gasteiger partial charge in [0, 0.05) is 13.0 Å². The normalized spacial score (nSPS) is 13.1. The molecule has 0 rings (SSSR count). The van der Waals surface area contributed by atoms with E-state index in [1.165, 1.54) is 0 Å². The molecule has 1 atom stereocenters. The standard InChI is InChI=1S/C7H13BrO2/c1-6(8)5-7(10)3-2-4-9/h7,9-10H,1-5H2/t7-/m1/s1. The van der Waals surface area contributed by atoms with Crippen molar-refractivity contribution in [3.05, 3.63) is 11.1 Å². The van der Waals surface area contributed by atoms with Gasteiger partial charge in [-0.25, -0.2) is 0 Å². The maximum atomic E-state index is 9.15. The zero-order valence-electron chi connectivity index (χ0n) is 5.89. The van der Waals surface area contributed by atoms with Crippen molar-refractivity contribution in [2.24, 2.45) is 0 Å². The van der Waals surface area contributed by atoms with Gasteiger partial charge in [-0.2, -0.15) is 0 Å². The Morgan fingerprint density at radius 1 is 1.60 bits per heavy atom. The molecule has 2 nitrogen and oxygen atoms in total. The van der Waals surface area contributed by atoms with Crippen molar-refractivity contribution in [3.63, 3.8) is 0 Å². The van der Waals surface area contributed by atoms with Gasteiger partial charge in [0.05, 0.1) is 6.10 Å². The first-order valence-electron chi connectivity index (χ1n) is 3.29. The third-order valence-electron chi connectivity index (χ3n) is 1.15. The summed E-state index contributed by atoms with van der Waals surface area (Å²) >= 11 is 3.15. The van der Waals surface area contributed by atoms with Crippen LogP contribution in [0.2, 0.25) is 0 Å². The SMILES string of the molecule is C=C(Br)C[C@H](O)CCCO. The van der Waals surface area contributed by atoms with Crippen LogP contribution in [0.5, 0.6) is 0 Å². The number of aliphatic hydroxyl groups excluding tert-OH is 2. The summed E-state index contributed by atoms with van der Waals surface area (Å²) in [4.78, 5) is 0. The highest BCUT2D eigenvalue weighted by atomic mass is 79.9. The zero-order valence-corrected chi connectivity index (χ0v) is 7.47. The number of hydrogen-bond donors (Lipinski definition) is 2. The van der Waals surface area contributed by atoms with Crippen LogP contribution in [0, 0.1) is 0 Å². The maximum absolute atomic E-state index is 9.15. The molecule has 0 aromatic rings. The number of aliphatic hydroxyl groups is 2. The van der Waals surface area contributed by atoms with Gasteiger partial charge in [-0.05, 0) is 17.3 Å². The molecule has 60 valence electrons. The van der Waals surface area contributed by atoms with E-state index in [4.69, 9.17) is 10.2 Å². The molecule has 0 fully saturated rings. The van der Waals surface area contributed by atoms with Crippen LogP contribution in [-0.2, 0) is 0 Å². The summed E-state index contributed by atoms with van der Waals surface area (Å²) in [7, 11) is 0. The smallest absolute Gasteiger partial charge is 0.0586 e. The Morgan fingerprint density at radius 3 is 2.60 bits per heavy atom. The first-order chi connectivity index (χ1) is 4.66. The number of halogens is 1. The lowest BCUT2D eigenvalue weighted by Gasteiger charge is -2.06. The minimum atomic E-state index is -0.362. The second-order valence-electron chi connectivity index (χ2n) is 2.24. The molecule has 0 amide bonds. The van der Waals surface area contributed by atoms with Gasteiger partial charge < -0.3 is 10.2 Å². The Bertz CT molecular complexity index is 104. The summed E-state index contributed by atoms with van der Waals surface area (Å²) in [6, 6.07) is 0. The topological polar surface area (TPSA) is 40.5 Å². The molecule has 0 unspecified atom stereocenters. The predicted octanol–water partition coefficient (Wildman–Crippen LogP) is 1.42. The maximum Gasteiger partial charge on any atom is 0.0586 e. The lowest BCUT2D eigenvalue weighted by molar-refractivity contribution is 0.152. The molecule has 0 spiro atoms. The number of hydrogen-bond acceptors (Lipinski definition) is 2. The summed E-state index contributed by atoms with van der Waals surface area (Å²) in [6.45, 7) is 3.74. The van der Waals surface area contributed by atoms with Crippen LogP contribution in [0.25, 0.3) is 0 Å². The van der Waals surface area contributed by atoms with Crippen molar-refractivity contribution >= 4 is 15.9 Å². The van der Waals surface area contributed by atoms with Crippen molar-refractivity contribution in [3.8, 4) is 0 Å². The summed E-state index contributed by atoms with van der Waals surface area (Å²) in [5, 5.41) is 17.6. The van der Waals surface area contributed by atoms with Gasteiger partial charge in [-0.1, -0.05) is 22.5 Å². The van der Waals surface area contributed by atoms with Gasteiger partial charge in [0.25, 0.3) is 0 Å². The highest BCUT2D eigenvalue weighted by Crippen LogP contribution is 2.12. The summed E-state index contributed by atoms with van der Waals surface area (Å²) < 4.78 is 0.804. The summed E-state index contributed by atoms with van der Waals surface area (Å²) in [5.41, 5.74) is 0. The van der Waals surface area contributed by atoms with Crippen LogP contribution in [-0.4, -0.2) is 22.9 Å². The van der Waals surface area contributed by atoms with E-state index in [9.17, 15) is 0 Å². The van der Waals surface area contributed by atoms with E-state index in [0.29, 0.717) is 19.3 Å². The van der Waals surface area contributed by atoms with Crippen molar-refractivity contribution in [1.29, 1.82) is 0 Å².